The number of methoxy groups -OCH3 is 1. The molecule has 0 saturated carbocycles. The first-order valence-corrected chi connectivity index (χ1v) is 10.0. The van der Waals surface area contributed by atoms with E-state index in [2.05, 4.69) is 33.4 Å². The minimum absolute atomic E-state index is 0.0583. The molecule has 3 aromatic carbocycles. The number of ether oxygens (including phenoxy) is 2. The Labute approximate surface area is 181 Å². The molecule has 152 valence electrons. The zero-order chi connectivity index (χ0) is 21.3. The molecule has 30 heavy (non-hydrogen) atoms. The van der Waals surface area contributed by atoms with Crippen molar-refractivity contribution in [1.82, 2.24) is 0 Å². The van der Waals surface area contributed by atoms with Gasteiger partial charge in [0.15, 0.2) is 0 Å². The highest BCUT2D eigenvalue weighted by Gasteiger charge is 2.29. The smallest absolute Gasteiger partial charge is 0.411 e. The van der Waals surface area contributed by atoms with Crippen LogP contribution in [-0.4, -0.2) is 30.9 Å². The molecule has 3 aromatic rings. The summed E-state index contributed by atoms with van der Waals surface area (Å²) in [6.07, 6.45) is -0.668. The number of anilines is 1. The van der Waals surface area contributed by atoms with Crippen molar-refractivity contribution in [2.75, 3.05) is 19.0 Å². The highest BCUT2D eigenvalue weighted by Crippen LogP contribution is 2.44. The topological polar surface area (TPSA) is 84.9 Å². The van der Waals surface area contributed by atoms with Gasteiger partial charge in [-0.3, -0.25) is 5.32 Å². The molecule has 0 bridgehead atoms. The van der Waals surface area contributed by atoms with Gasteiger partial charge in [-0.25, -0.2) is 9.59 Å². The van der Waals surface area contributed by atoms with Crippen molar-refractivity contribution in [3.8, 4) is 16.9 Å². The molecule has 4 rings (SSSR count). The largest absolute Gasteiger partial charge is 0.496 e. The van der Waals surface area contributed by atoms with Gasteiger partial charge in [0.2, 0.25) is 0 Å². The summed E-state index contributed by atoms with van der Waals surface area (Å²) in [4.78, 5) is 24.0. The maximum absolute atomic E-state index is 12.4. The third-order valence-corrected chi connectivity index (χ3v) is 5.94. The van der Waals surface area contributed by atoms with Gasteiger partial charge in [-0.15, -0.1) is 0 Å². The fourth-order valence-electron chi connectivity index (χ4n) is 3.77. The number of hydrogen-bond acceptors (Lipinski definition) is 4. The van der Waals surface area contributed by atoms with Crippen LogP contribution in [-0.2, 0) is 4.74 Å². The average Bonchev–Trinajstić information content (AvgIpc) is 3.07. The van der Waals surface area contributed by atoms with Gasteiger partial charge >= 0.3 is 12.1 Å². The minimum atomic E-state index is -1.17. The predicted octanol–water partition coefficient (Wildman–Crippen LogP) is 5.52. The normalized spacial score (nSPS) is 12.1. The SMILES string of the molecule is COc1ccc(NC(=O)OCC2c3ccccc3-c3ccccc32)c(Br)c1C(=O)O. The Morgan fingerprint density at radius 3 is 2.17 bits per heavy atom. The van der Waals surface area contributed by atoms with E-state index in [9.17, 15) is 14.7 Å². The first-order chi connectivity index (χ1) is 14.5. The second-order valence-electron chi connectivity index (χ2n) is 6.76. The molecule has 2 N–H and O–H groups in total. The lowest BCUT2D eigenvalue weighted by Gasteiger charge is -2.16. The van der Waals surface area contributed by atoms with E-state index in [0.717, 1.165) is 22.3 Å². The standard InChI is InChI=1S/C23H18BrNO5/c1-29-19-11-10-18(21(24)20(19)22(26)27)25-23(28)30-12-17-15-8-4-2-6-13(15)14-7-3-5-9-16(14)17/h2-11,17H,12H2,1H3,(H,25,28)(H,26,27). The van der Waals surface area contributed by atoms with E-state index in [1.165, 1.54) is 13.2 Å². The first-order valence-electron chi connectivity index (χ1n) is 9.23. The van der Waals surface area contributed by atoms with E-state index in [0.29, 0.717) is 0 Å². The Balaban J connectivity index is 1.52. The monoisotopic (exact) mass is 467 g/mol. The first kappa shape index (κ1) is 20.0. The third-order valence-electron chi connectivity index (χ3n) is 5.12. The van der Waals surface area contributed by atoms with Gasteiger partial charge in [0.25, 0.3) is 0 Å². The van der Waals surface area contributed by atoms with Crippen LogP contribution in [0.25, 0.3) is 11.1 Å². The van der Waals surface area contributed by atoms with Gasteiger partial charge in [0.1, 0.15) is 17.9 Å². The highest BCUT2D eigenvalue weighted by atomic mass is 79.9. The van der Waals surface area contributed by atoms with E-state index in [-0.39, 0.29) is 34.0 Å². The van der Waals surface area contributed by atoms with Crippen LogP contribution in [0.2, 0.25) is 0 Å². The molecule has 0 unspecified atom stereocenters. The number of hydrogen-bond donors (Lipinski definition) is 2. The number of rotatable bonds is 5. The Hall–Kier alpha value is -3.32. The van der Waals surface area contributed by atoms with Crippen LogP contribution in [0, 0.1) is 0 Å². The number of carbonyl (C=O) groups is 2. The zero-order valence-electron chi connectivity index (χ0n) is 16.0. The molecule has 1 aliphatic rings. The van der Waals surface area contributed by atoms with Crippen molar-refractivity contribution >= 4 is 33.7 Å². The zero-order valence-corrected chi connectivity index (χ0v) is 17.6. The Kier molecular flexibility index (Phi) is 5.46. The van der Waals surface area contributed by atoms with Gasteiger partial charge in [-0.2, -0.15) is 0 Å². The van der Waals surface area contributed by atoms with Crippen molar-refractivity contribution in [3.05, 3.63) is 81.8 Å². The summed E-state index contributed by atoms with van der Waals surface area (Å²) >= 11 is 3.23. The number of halogens is 1. The molecule has 0 spiro atoms. The van der Waals surface area contributed by atoms with E-state index >= 15 is 0 Å². The van der Waals surface area contributed by atoms with Crippen molar-refractivity contribution in [2.24, 2.45) is 0 Å². The van der Waals surface area contributed by atoms with Crippen molar-refractivity contribution in [1.29, 1.82) is 0 Å². The average molecular weight is 468 g/mol. The number of carboxylic acids is 1. The van der Waals surface area contributed by atoms with Crippen LogP contribution in [0.4, 0.5) is 10.5 Å². The molecule has 1 amide bonds. The molecule has 0 fully saturated rings. The van der Waals surface area contributed by atoms with Crippen LogP contribution in [0.15, 0.2) is 65.1 Å². The second-order valence-corrected chi connectivity index (χ2v) is 7.55. The lowest BCUT2D eigenvalue weighted by Crippen LogP contribution is -2.18. The van der Waals surface area contributed by atoms with E-state index < -0.39 is 12.1 Å². The summed E-state index contributed by atoms with van der Waals surface area (Å²) in [6, 6.07) is 19.2. The molecular weight excluding hydrogens is 450 g/mol. The second kappa shape index (κ2) is 8.20. The van der Waals surface area contributed by atoms with Crippen LogP contribution in [0.5, 0.6) is 5.75 Å². The van der Waals surface area contributed by atoms with E-state index in [1.54, 1.807) is 6.07 Å². The van der Waals surface area contributed by atoms with E-state index in [4.69, 9.17) is 9.47 Å². The summed E-state index contributed by atoms with van der Waals surface area (Å²) in [5, 5.41) is 12.0. The third kappa shape index (κ3) is 3.52. The molecule has 1 aliphatic carbocycles. The molecule has 0 saturated heterocycles. The number of nitrogens with one attached hydrogen (secondary N) is 1. The van der Waals surface area contributed by atoms with Crippen LogP contribution in [0.1, 0.15) is 27.4 Å². The fraction of sp³-hybridized carbons (Fsp3) is 0.130. The highest BCUT2D eigenvalue weighted by molar-refractivity contribution is 9.10. The van der Waals surface area contributed by atoms with E-state index in [1.807, 2.05) is 36.4 Å². The maximum atomic E-state index is 12.4. The summed E-state index contributed by atoms with van der Waals surface area (Å²) in [7, 11) is 1.38. The Morgan fingerprint density at radius 2 is 1.60 bits per heavy atom. The van der Waals surface area contributed by atoms with Gasteiger partial charge in [0.05, 0.1) is 17.3 Å². The number of benzene rings is 3. The molecule has 0 aromatic heterocycles. The van der Waals surface area contributed by atoms with Crippen molar-refractivity contribution < 1.29 is 24.2 Å². The number of carboxylic acid groups (broad SMARTS) is 1. The fourth-order valence-corrected chi connectivity index (χ4v) is 4.37. The summed E-state index contributed by atoms with van der Waals surface area (Å²) in [5.74, 6) is -1.04. The van der Waals surface area contributed by atoms with Crippen molar-refractivity contribution in [2.45, 2.75) is 5.92 Å². The lowest BCUT2D eigenvalue weighted by atomic mass is 9.98. The maximum Gasteiger partial charge on any atom is 0.411 e. The Bertz CT molecular complexity index is 1100. The molecule has 0 aliphatic heterocycles. The van der Waals surface area contributed by atoms with Crippen LogP contribution < -0.4 is 10.1 Å². The molecule has 0 atom stereocenters. The molecule has 0 heterocycles. The number of fused-ring (bicyclic) bond motifs is 3. The number of carbonyl (C=O) groups excluding carboxylic acids is 1. The lowest BCUT2D eigenvalue weighted by molar-refractivity contribution is 0.0692. The number of amides is 1. The van der Waals surface area contributed by atoms with Crippen molar-refractivity contribution in [3.63, 3.8) is 0 Å². The van der Waals surface area contributed by atoms with Gasteiger partial charge < -0.3 is 14.6 Å². The molecule has 7 heteroatoms. The minimum Gasteiger partial charge on any atom is -0.496 e. The quantitative estimate of drug-likeness (QED) is 0.516. The van der Waals surface area contributed by atoms with Crippen LogP contribution >= 0.6 is 15.9 Å². The summed E-state index contributed by atoms with van der Waals surface area (Å²) in [5.41, 5.74) is 4.73. The number of aromatic carboxylic acids is 1. The van der Waals surface area contributed by atoms with Gasteiger partial charge in [-0.1, -0.05) is 48.5 Å². The molecular formula is C23H18BrNO5. The van der Waals surface area contributed by atoms with Crippen LogP contribution in [0.3, 0.4) is 0 Å². The molecule has 0 radical (unpaired) electrons. The van der Waals surface area contributed by atoms with Gasteiger partial charge in [0, 0.05) is 5.92 Å². The Morgan fingerprint density at radius 1 is 1.00 bits per heavy atom. The summed E-state index contributed by atoms with van der Waals surface area (Å²) < 4.78 is 10.8. The summed E-state index contributed by atoms with van der Waals surface area (Å²) in [6.45, 7) is 0.166. The predicted molar refractivity (Wildman–Crippen MR) is 116 cm³/mol. The molecule has 6 nitrogen and oxygen atoms in total. The van der Waals surface area contributed by atoms with Gasteiger partial charge in [-0.05, 0) is 50.3 Å².